The average Bonchev–Trinajstić information content (AvgIpc) is 3.63. The van der Waals surface area contributed by atoms with E-state index in [-0.39, 0.29) is 12.1 Å². The van der Waals surface area contributed by atoms with E-state index in [1.165, 1.54) is 128 Å². The highest BCUT2D eigenvalue weighted by molar-refractivity contribution is 7.99. The molecular formula is C38H72N2O6S. The first-order valence-corrected chi connectivity index (χ1v) is 21.0. The van der Waals surface area contributed by atoms with Crippen molar-refractivity contribution in [2.45, 2.75) is 217 Å². The SMILES string of the molecule is CCCCCCCCCCCCCC[C@H](O)[C@@H]1OC(=O)N[C@@H]1CSC[C@H]1NC(=O)O[C@H]1[C@@H](O)CCCCCCCCCCCCCC. The van der Waals surface area contributed by atoms with E-state index < -0.39 is 36.6 Å². The molecule has 0 saturated carbocycles. The molecule has 0 spiro atoms. The summed E-state index contributed by atoms with van der Waals surface area (Å²) in [6.45, 7) is 4.51. The van der Waals surface area contributed by atoms with Gasteiger partial charge in [0.05, 0.1) is 24.3 Å². The maximum absolute atomic E-state index is 12.0. The monoisotopic (exact) mass is 685 g/mol. The molecule has 2 heterocycles. The Hall–Kier alpha value is -1.19. The van der Waals surface area contributed by atoms with Crippen LogP contribution in [0.3, 0.4) is 0 Å². The fourth-order valence-corrected chi connectivity index (χ4v) is 8.14. The zero-order valence-electron chi connectivity index (χ0n) is 30.2. The summed E-state index contributed by atoms with van der Waals surface area (Å²) in [4.78, 5) is 24.1. The number of ether oxygens (including phenoxy) is 2. The predicted octanol–water partition coefficient (Wildman–Crippen LogP) is 9.58. The Morgan fingerprint density at radius 2 is 0.787 bits per heavy atom. The van der Waals surface area contributed by atoms with E-state index in [4.69, 9.17) is 9.47 Å². The van der Waals surface area contributed by atoms with E-state index in [1.807, 2.05) is 0 Å². The first-order valence-electron chi connectivity index (χ1n) is 19.8. The van der Waals surface area contributed by atoms with Gasteiger partial charge in [0.15, 0.2) is 12.2 Å². The molecule has 276 valence electrons. The molecule has 6 atom stereocenters. The van der Waals surface area contributed by atoms with Gasteiger partial charge in [0.1, 0.15) is 0 Å². The fourth-order valence-electron chi connectivity index (χ4n) is 6.95. The van der Waals surface area contributed by atoms with E-state index in [1.54, 1.807) is 11.8 Å². The third kappa shape index (κ3) is 19.6. The van der Waals surface area contributed by atoms with Crippen molar-refractivity contribution in [1.29, 1.82) is 0 Å². The van der Waals surface area contributed by atoms with Gasteiger partial charge in [-0.3, -0.25) is 0 Å². The molecule has 2 amide bonds. The van der Waals surface area contributed by atoms with Crippen LogP contribution >= 0.6 is 11.8 Å². The second-order valence-electron chi connectivity index (χ2n) is 14.3. The minimum atomic E-state index is -0.692. The maximum atomic E-state index is 12.0. The van der Waals surface area contributed by atoms with Crippen LogP contribution in [-0.4, -0.2) is 70.4 Å². The van der Waals surface area contributed by atoms with Crippen LogP contribution in [0.4, 0.5) is 9.59 Å². The summed E-state index contributed by atoms with van der Waals surface area (Å²) >= 11 is 1.58. The van der Waals surface area contributed by atoms with Gasteiger partial charge in [0.25, 0.3) is 0 Å². The lowest BCUT2D eigenvalue weighted by Crippen LogP contribution is -2.43. The number of nitrogens with one attached hydrogen (secondary N) is 2. The number of thioether (sulfide) groups is 1. The van der Waals surface area contributed by atoms with Crippen molar-refractivity contribution in [2.75, 3.05) is 11.5 Å². The number of carbonyl (C=O) groups excluding carboxylic acids is 2. The molecular weight excluding hydrogens is 612 g/mol. The summed E-state index contributed by atoms with van der Waals surface area (Å²) in [5.41, 5.74) is 0. The zero-order chi connectivity index (χ0) is 34.0. The van der Waals surface area contributed by atoms with Crippen LogP contribution in [0.5, 0.6) is 0 Å². The molecule has 47 heavy (non-hydrogen) atoms. The van der Waals surface area contributed by atoms with Crippen LogP contribution in [0.2, 0.25) is 0 Å². The summed E-state index contributed by atoms with van der Waals surface area (Å²) in [6, 6.07) is -0.579. The van der Waals surface area contributed by atoms with Gasteiger partial charge in [0, 0.05) is 11.5 Å². The second-order valence-corrected chi connectivity index (χ2v) is 15.3. The predicted molar refractivity (Wildman–Crippen MR) is 195 cm³/mol. The van der Waals surface area contributed by atoms with Crippen LogP contribution in [0.15, 0.2) is 0 Å². The number of aliphatic hydroxyl groups is 2. The Labute approximate surface area is 292 Å². The van der Waals surface area contributed by atoms with E-state index >= 15 is 0 Å². The molecule has 2 saturated heterocycles. The Balaban J connectivity index is 1.55. The number of rotatable bonds is 32. The van der Waals surface area contributed by atoms with Crippen molar-refractivity contribution in [3.63, 3.8) is 0 Å². The van der Waals surface area contributed by atoms with Crippen LogP contribution in [0, 0.1) is 0 Å². The first kappa shape index (κ1) is 42.0. The Kier molecular flexibility index (Phi) is 24.7. The number of carbonyl (C=O) groups is 2. The molecule has 8 nitrogen and oxygen atoms in total. The molecule has 0 bridgehead atoms. The van der Waals surface area contributed by atoms with Gasteiger partial charge in [-0.25, -0.2) is 9.59 Å². The Bertz CT molecular complexity index is 727. The molecule has 0 radical (unpaired) electrons. The molecule has 2 rings (SSSR count). The summed E-state index contributed by atoms with van der Waals surface area (Å²) in [6.07, 6.45) is 28.2. The van der Waals surface area contributed by atoms with Crippen molar-refractivity contribution in [3.05, 3.63) is 0 Å². The highest BCUT2D eigenvalue weighted by Gasteiger charge is 2.41. The minimum absolute atomic E-state index is 0.290. The summed E-state index contributed by atoms with van der Waals surface area (Å²) in [7, 11) is 0. The van der Waals surface area contributed by atoms with Crippen molar-refractivity contribution in [3.8, 4) is 0 Å². The van der Waals surface area contributed by atoms with E-state index in [9.17, 15) is 19.8 Å². The molecule has 0 aromatic carbocycles. The Morgan fingerprint density at radius 3 is 1.09 bits per heavy atom. The smallest absolute Gasteiger partial charge is 0.407 e. The third-order valence-electron chi connectivity index (χ3n) is 9.95. The molecule has 0 aromatic heterocycles. The molecule has 2 aliphatic heterocycles. The van der Waals surface area contributed by atoms with E-state index in [0.717, 1.165) is 25.7 Å². The summed E-state index contributed by atoms with van der Waals surface area (Å²) in [5.74, 6) is 1.11. The number of alkyl carbamates (subject to hydrolysis) is 2. The normalized spacial score (nSPS) is 22.1. The molecule has 0 unspecified atom stereocenters. The average molecular weight is 685 g/mol. The van der Waals surface area contributed by atoms with Crippen molar-refractivity contribution < 1.29 is 29.3 Å². The molecule has 2 fully saturated rings. The maximum Gasteiger partial charge on any atom is 0.407 e. The fraction of sp³-hybridized carbons (Fsp3) is 0.947. The zero-order valence-corrected chi connectivity index (χ0v) is 31.0. The molecule has 0 aliphatic carbocycles. The van der Waals surface area contributed by atoms with Gasteiger partial charge < -0.3 is 30.3 Å². The summed E-state index contributed by atoms with van der Waals surface area (Å²) < 4.78 is 10.9. The van der Waals surface area contributed by atoms with Gasteiger partial charge in [-0.05, 0) is 12.8 Å². The van der Waals surface area contributed by atoms with Crippen molar-refractivity contribution in [1.82, 2.24) is 10.6 Å². The van der Waals surface area contributed by atoms with Gasteiger partial charge in [0.2, 0.25) is 0 Å². The van der Waals surface area contributed by atoms with Gasteiger partial charge in [-0.2, -0.15) is 11.8 Å². The second kappa shape index (κ2) is 27.6. The lowest BCUT2D eigenvalue weighted by Gasteiger charge is -2.24. The molecule has 2 aliphatic rings. The molecule has 0 aromatic rings. The van der Waals surface area contributed by atoms with Crippen LogP contribution in [0.1, 0.15) is 181 Å². The quantitative estimate of drug-likeness (QED) is 0.0522. The largest absolute Gasteiger partial charge is 0.441 e. The van der Waals surface area contributed by atoms with Gasteiger partial charge in [-0.15, -0.1) is 0 Å². The van der Waals surface area contributed by atoms with Crippen molar-refractivity contribution in [2.24, 2.45) is 0 Å². The van der Waals surface area contributed by atoms with Crippen LogP contribution in [0.25, 0.3) is 0 Å². The highest BCUT2D eigenvalue weighted by atomic mass is 32.2. The topological polar surface area (TPSA) is 117 Å². The lowest BCUT2D eigenvalue weighted by molar-refractivity contribution is 0.0152. The van der Waals surface area contributed by atoms with E-state index in [2.05, 4.69) is 24.5 Å². The number of hydrogen-bond donors (Lipinski definition) is 4. The number of amides is 2. The van der Waals surface area contributed by atoms with Gasteiger partial charge >= 0.3 is 12.2 Å². The standard InChI is InChI=1S/C38H72N2O6S/c1-3-5-7-9-11-13-15-17-19-21-23-25-27-33(41)35-31(39-37(43)45-35)29-47-30-32-36(46-38(44)40-32)34(42)28-26-24-22-20-18-16-14-12-10-8-6-4-2/h31-36,41-42H,3-30H2,1-2H3,(H,39,43)(H,40,44)/t31-,32-,33+,34+,35-,36-/m1/s1. The lowest BCUT2D eigenvalue weighted by atomic mass is 10.00. The number of unbranched alkanes of at least 4 members (excludes halogenated alkanes) is 22. The van der Waals surface area contributed by atoms with Crippen LogP contribution < -0.4 is 10.6 Å². The molecule has 9 heteroatoms. The number of cyclic esters (lactones) is 2. The third-order valence-corrected chi connectivity index (χ3v) is 11.1. The number of aliphatic hydroxyl groups excluding tert-OH is 2. The minimum Gasteiger partial charge on any atom is -0.441 e. The Morgan fingerprint density at radius 1 is 0.511 bits per heavy atom. The molecule has 4 N–H and O–H groups in total. The number of hydrogen-bond acceptors (Lipinski definition) is 7. The summed E-state index contributed by atoms with van der Waals surface area (Å²) in [5, 5.41) is 27.4. The van der Waals surface area contributed by atoms with Gasteiger partial charge in [-0.1, -0.05) is 168 Å². The highest BCUT2D eigenvalue weighted by Crippen LogP contribution is 2.25. The van der Waals surface area contributed by atoms with E-state index in [0.29, 0.717) is 24.3 Å². The van der Waals surface area contributed by atoms with Crippen LogP contribution in [-0.2, 0) is 9.47 Å². The van der Waals surface area contributed by atoms with Crippen molar-refractivity contribution >= 4 is 23.9 Å². The first-order chi connectivity index (χ1) is 23.0.